The van der Waals surface area contributed by atoms with Crippen LogP contribution in [0.15, 0.2) is 47.5 Å². The zero-order valence-corrected chi connectivity index (χ0v) is 13.3. The Morgan fingerprint density at radius 2 is 2.04 bits per heavy atom. The van der Waals surface area contributed by atoms with Gasteiger partial charge in [0.15, 0.2) is 0 Å². The summed E-state index contributed by atoms with van der Waals surface area (Å²) in [5.41, 5.74) is -0.551. The number of benzene rings is 1. The van der Waals surface area contributed by atoms with E-state index in [4.69, 9.17) is 5.11 Å². The van der Waals surface area contributed by atoms with Crippen molar-refractivity contribution >= 4 is 27.4 Å². The topological polar surface area (TPSA) is 131 Å². The first-order valence-electron chi connectivity index (χ1n) is 6.74. The number of aromatic nitrogens is 1. The lowest BCUT2D eigenvalue weighted by Gasteiger charge is -2.22. The molecule has 1 heterocycles. The highest BCUT2D eigenvalue weighted by molar-refractivity contribution is 7.92. The van der Waals surface area contributed by atoms with Crippen molar-refractivity contribution in [3.8, 4) is 0 Å². The quantitative estimate of drug-likeness (QED) is 0.621. The van der Waals surface area contributed by atoms with Gasteiger partial charge in [-0.1, -0.05) is 6.07 Å². The van der Waals surface area contributed by atoms with Gasteiger partial charge in [-0.15, -0.1) is 0 Å². The number of hydrogen-bond acceptors (Lipinski definition) is 6. The molecule has 10 heteroatoms. The minimum atomic E-state index is -4.09. The zero-order valence-electron chi connectivity index (χ0n) is 12.5. The maximum absolute atomic E-state index is 12.8. The number of carboxylic acids is 1. The lowest BCUT2D eigenvalue weighted by Crippen LogP contribution is -2.31. The molecule has 0 aliphatic carbocycles. The minimum Gasteiger partial charge on any atom is -0.477 e. The van der Waals surface area contributed by atoms with E-state index in [-0.39, 0.29) is 28.5 Å². The first-order valence-corrected chi connectivity index (χ1v) is 8.18. The van der Waals surface area contributed by atoms with Gasteiger partial charge in [0, 0.05) is 24.9 Å². The second kappa shape index (κ2) is 6.62. The third kappa shape index (κ3) is 3.33. The van der Waals surface area contributed by atoms with Crippen molar-refractivity contribution in [2.75, 3.05) is 10.8 Å². The standard InChI is InChI=1S/C14H13N3O6S/c1-2-16(10-6-7-15-13(9-10)14(18)19)24(22,23)12-5-3-4-11(8-12)17(20)21/h3-9H,2H2,1H3,(H,18,19). The van der Waals surface area contributed by atoms with Crippen molar-refractivity contribution in [3.63, 3.8) is 0 Å². The molecule has 1 aromatic carbocycles. The molecule has 0 unspecified atom stereocenters. The fourth-order valence-electron chi connectivity index (χ4n) is 2.07. The van der Waals surface area contributed by atoms with Crippen LogP contribution in [0.5, 0.6) is 0 Å². The molecule has 0 atom stereocenters. The SMILES string of the molecule is CCN(c1ccnc(C(=O)O)c1)S(=O)(=O)c1cccc([N+](=O)[O-])c1. The Hall–Kier alpha value is -3.01. The highest BCUT2D eigenvalue weighted by Gasteiger charge is 2.26. The molecule has 9 nitrogen and oxygen atoms in total. The summed E-state index contributed by atoms with van der Waals surface area (Å²) in [6.07, 6.45) is 1.18. The van der Waals surface area contributed by atoms with Crippen molar-refractivity contribution in [1.82, 2.24) is 4.98 Å². The number of nitro groups is 1. The second-order valence-electron chi connectivity index (χ2n) is 4.63. The molecular formula is C14H13N3O6S. The van der Waals surface area contributed by atoms with E-state index in [0.717, 1.165) is 16.4 Å². The highest BCUT2D eigenvalue weighted by atomic mass is 32.2. The number of rotatable bonds is 6. The molecule has 0 amide bonds. The fourth-order valence-corrected chi connectivity index (χ4v) is 3.57. The molecule has 126 valence electrons. The Morgan fingerprint density at radius 1 is 1.33 bits per heavy atom. The molecule has 0 spiro atoms. The number of non-ortho nitro benzene ring substituents is 1. The van der Waals surface area contributed by atoms with Crippen LogP contribution in [0.3, 0.4) is 0 Å². The summed E-state index contributed by atoms with van der Waals surface area (Å²) >= 11 is 0. The Morgan fingerprint density at radius 3 is 2.62 bits per heavy atom. The van der Waals surface area contributed by atoms with Gasteiger partial charge in [0.1, 0.15) is 5.69 Å². The van der Waals surface area contributed by atoms with Gasteiger partial charge in [-0.25, -0.2) is 18.2 Å². The molecule has 1 N–H and O–H groups in total. The van der Waals surface area contributed by atoms with Crippen LogP contribution in [0.1, 0.15) is 17.4 Å². The van der Waals surface area contributed by atoms with Gasteiger partial charge in [-0.2, -0.15) is 0 Å². The zero-order chi connectivity index (χ0) is 17.9. The molecule has 2 rings (SSSR count). The first kappa shape index (κ1) is 17.3. The number of hydrogen-bond donors (Lipinski definition) is 1. The van der Waals surface area contributed by atoms with E-state index in [9.17, 15) is 23.3 Å². The molecule has 0 bridgehead atoms. The molecular weight excluding hydrogens is 338 g/mol. The summed E-state index contributed by atoms with van der Waals surface area (Å²) in [5, 5.41) is 19.8. The average molecular weight is 351 g/mol. The predicted octanol–water partition coefficient (Wildman–Crippen LogP) is 1.90. The Balaban J connectivity index is 2.53. The summed E-state index contributed by atoms with van der Waals surface area (Å²) in [6, 6.07) is 7.13. The molecule has 0 radical (unpaired) electrons. The van der Waals surface area contributed by atoms with Crippen molar-refractivity contribution in [2.45, 2.75) is 11.8 Å². The van der Waals surface area contributed by atoms with Crippen LogP contribution in [0, 0.1) is 10.1 Å². The van der Waals surface area contributed by atoms with Gasteiger partial charge < -0.3 is 5.11 Å². The van der Waals surface area contributed by atoms with Crippen LogP contribution >= 0.6 is 0 Å². The average Bonchev–Trinajstić information content (AvgIpc) is 2.55. The summed E-state index contributed by atoms with van der Waals surface area (Å²) in [7, 11) is -4.09. The van der Waals surface area contributed by atoms with Crippen LogP contribution in [-0.4, -0.2) is 35.9 Å². The third-order valence-electron chi connectivity index (χ3n) is 3.15. The van der Waals surface area contributed by atoms with Crippen molar-refractivity contribution in [2.24, 2.45) is 0 Å². The normalized spacial score (nSPS) is 11.0. The van der Waals surface area contributed by atoms with E-state index in [1.807, 2.05) is 0 Å². The van der Waals surface area contributed by atoms with E-state index in [1.165, 1.54) is 30.5 Å². The summed E-state index contributed by atoms with van der Waals surface area (Å²) in [4.78, 5) is 24.5. The highest BCUT2D eigenvalue weighted by Crippen LogP contribution is 2.26. The van der Waals surface area contributed by atoms with Crippen LogP contribution < -0.4 is 4.31 Å². The van der Waals surface area contributed by atoms with Crippen LogP contribution in [0.4, 0.5) is 11.4 Å². The van der Waals surface area contributed by atoms with Crippen molar-refractivity contribution < 1.29 is 23.2 Å². The van der Waals surface area contributed by atoms with E-state index in [2.05, 4.69) is 4.98 Å². The molecule has 0 aliphatic heterocycles. The molecule has 0 saturated carbocycles. The van der Waals surface area contributed by atoms with Crippen LogP contribution in [-0.2, 0) is 10.0 Å². The van der Waals surface area contributed by atoms with Crippen LogP contribution in [0.25, 0.3) is 0 Å². The summed E-state index contributed by atoms with van der Waals surface area (Å²) < 4.78 is 26.5. The first-order chi connectivity index (χ1) is 11.3. The third-order valence-corrected chi connectivity index (χ3v) is 5.05. The smallest absolute Gasteiger partial charge is 0.354 e. The molecule has 0 saturated heterocycles. The monoisotopic (exact) mass is 351 g/mol. The van der Waals surface area contributed by atoms with Gasteiger partial charge in [-0.05, 0) is 25.1 Å². The number of nitrogens with zero attached hydrogens (tertiary/aromatic N) is 3. The number of sulfonamides is 1. The van der Waals surface area contributed by atoms with Gasteiger partial charge in [0.05, 0.1) is 15.5 Å². The largest absolute Gasteiger partial charge is 0.477 e. The van der Waals surface area contributed by atoms with E-state index < -0.39 is 20.9 Å². The van der Waals surface area contributed by atoms with E-state index >= 15 is 0 Å². The molecule has 0 aliphatic rings. The number of nitro benzene ring substituents is 1. The lowest BCUT2D eigenvalue weighted by molar-refractivity contribution is -0.385. The second-order valence-corrected chi connectivity index (χ2v) is 6.49. The Labute approximate surface area is 137 Å². The lowest BCUT2D eigenvalue weighted by atomic mass is 10.3. The maximum Gasteiger partial charge on any atom is 0.354 e. The van der Waals surface area contributed by atoms with Gasteiger partial charge in [0.2, 0.25) is 0 Å². The molecule has 24 heavy (non-hydrogen) atoms. The molecule has 1 aromatic heterocycles. The number of carboxylic acid groups (broad SMARTS) is 1. The number of pyridine rings is 1. The van der Waals surface area contributed by atoms with Crippen molar-refractivity contribution in [3.05, 3.63) is 58.4 Å². The van der Waals surface area contributed by atoms with E-state index in [0.29, 0.717) is 0 Å². The van der Waals surface area contributed by atoms with Gasteiger partial charge >= 0.3 is 5.97 Å². The number of carbonyl (C=O) groups is 1. The van der Waals surface area contributed by atoms with Gasteiger partial charge in [-0.3, -0.25) is 14.4 Å². The summed E-state index contributed by atoms with van der Waals surface area (Å²) in [6.45, 7) is 1.57. The Bertz CT molecular complexity index is 897. The summed E-state index contributed by atoms with van der Waals surface area (Å²) in [5.74, 6) is -1.29. The fraction of sp³-hybridized carbons (Fsp3) is 0.143. The molecule has 2 aromatic rings. The Kier molecular flexibility index (Phi) is 4.79. The van der Waals surface area contributed by atoms with Crippen LogP contribution in [0.2, 0.25) is 0 Å². The number of anilines is 1. The minimum absolute atomic E-state index is 0.00803. The number of aromatic carboxylic acids is 1. The van der Waals surface area contributed by atoms with E-state index in [1.54, 1.807) is 6.92 Å². The molecule has 0 fully saturated rings. The predicted molar refractivity (Wildman–Crippen MR) is 84.5 cm³/mol. The van der Waals surface area contributed by atoms with Gasteiger partial charge in [0.25, 0.3) is 15.7 Å². The maximum atomic E-state index is 12.8. The van der Waals surface area contributed by atoms with Crippen molar-refractivity contribution in [1.29, 1.82) is 0 Å².